The van der Waals surface area contributed by atoms with E-state index in [0.29, 0.717) is 32.8 Å². The summed E-state index contributed by atoms with van der Waals surface area (Å²) in [6, 6.07) is 10.5. The molecule has 3 fully saturated rings. The van der Waals surface area contributed by atoms with E-state index in [-0.39, 0.29) is 29.6 Å². The number of hydrogen-bond donors (Lipinski definition) is 2. The first-order valence-electron chi connectivity index (χ1n) is 13.1. The fraction of sp³-hybridized carbons (Fsp3) is 0.704. The molecule has 2 aliphatic carbocycles. The lowest BCUT2D eigenvalue weighted by Crippen LogP contribution is -2.59. The molecule has 8 heteroatoms. The van der Waals surface area contributed by atoms with Crippen molar-refractivity contribution >= 4 is 11.9 Å². The number of aliphatic hydroxyl groups is 1. The van der Waals surface area contributed by atoms with Crippen LogP contribution in [0.1, 0.15) is 57.4 Å². The molecule has 0 aromatic heterocycles. The minimum absolute atomic E-state index is 0.0408. The average Bonchev–Trinajstić information content (AvgIpc) is 3.07. The van der Waals surface area contributed by atoms with Crippen LogP contribution in [-0.2, 0) is 15.1 Å². The van der Waals surface area contributed by atoms with Crippen LogP contribution in [0.4, 0.5) is 4.79 Å². The molecule has 0 bridgehead atoms. The Morgan fingerprint density at radius 3 is 2.37 bits per heavy atom. The minimum atomic E-state index is -0.798. The number of amides is 3. The number of benzene rings is 1. The Labute approximate surface area is 209 Å². The van der Waals surface area contributed by atoms with Crippen molar-refractivity contribution in [2.75, 3.05) is 53.5 Å². The van der Waals surface area contributed by atoms with Crippen molar-refractivity contribution in [3.05, 3.63) is 35.9 Å². The van der Waals surface area contributed by atoms with E-state index in [2.05, 4.69) is 48.6 Å². The molecule has 1 aromatic rings. The molecule has 35 heavy (non-hydrogen) atoms. The summed E-state index contributed by atoms with van der Waals surface area (Å²) in [6.45, 7) is 4.35. The molecule has 1 spiro atoms. The number of ether oxygens (including phenoxy) is 1. The zero-order valence-electron chi connectivity index (χ0n) is 21.6. The van der Waals surface area contributed by atoms with Crippen molar-refractivity contribution < 1.29 is 19.4 Å². The van der Waals surface area contributed by atoms with Crippen LogP contribution in [0.3, 0.4) is 0 Å². The van der Waals surface area contributed by atoms with E-state index in [0.717, 1.165) is 44.9 Å². The molecule has 3 aliphatic rings. The molecular weight excluding hydrogens is 444 g/mol. The van der Waals surface area contributed by atoms with Crippen LogP contribution in [0.15, 0.2) is 30.3 Å². The number of carbonyl (C=O) groups excluding carboxylic acids is 2. The highest BCUT2D eigenvalue weighted by atomic mass is 16.5. The first-order valence-corrected chi connectivity index (χ1v) is 13.1. The van der Waals surface area contributed by atoms with Gasteiger partial charge in [0.2, 0.25) is 5.91 Å². The van der Waals surface area contributed by atoms with E-state index < -0.39 is 5.60 Å². The molecule has 4 rings (SSSR count). The van der Waals surface area contributed by atoms with Crippen LogP contribution >= 0.6 is 0 Å². The van der Waals surface area contributed by atoms with E-state index >= 15 is 0 Å². The summed E-state index contributed by atoms with van der Waals surface area (Å²) in [5.41, 5.74) is 0.0633. The second-order valence-electron chi connectivity index (χ2n) is 10.9. The number of nitrogens with zero attached hydrogens (tertiary/aromatic N) is 3. The van der Waals surface area contributed by atoms with Gasteiger partial charge in [-0.3, -0.25) is 9.69 Å². The number of rotatable bonds is 10. The zero-order valence-corrected chi connectivity index (χ0v) is 21.6. The van der Waals surface area contributed by atoms with Gasteiger partial charge in [0.1, 0.15) is 6.54 Å². The monoisotopic (exact) mass is 486 g/mol. The van der Waals surface area contributed by atoms with E-state index in [9.17, 15) is 14.7 Å². The van der Waals surface area contributed by atoms with E-state index in [1.165, 1.54) is 5.56 Å². The predicted molar refractivity (Wildman–Crippen MR) is 135 cm³/mol. The van der Waals surface area contributed by atoms with Gasteiger partial charge in [-0.05, 0) is 71.5 Å². The third-order valence-electron chi connectivity index (χ3n) is 8.58. The number of carbonyl (C=O) groups is 2. The molecule has 0 unspecified atom stereocenters. The van der Waals surface area contributed by atoms with Crippen molar-refractivity contribution in [3.8, 4) is 0 Å². The number of β-amino-alcohol motifs (C(OH)–C–C–N with tert-alkyl or cyclic N) is 1. The number of urea groups is 1. The van der Waals surface area contributed by atoms with Crippen molar-refractivity contribution in [3.63, 3.8) is 0 Å². The Morgan fingerprint density at radius 2 is 1.80 bits per heavy atom. The fourth-order valence-corrected chi connectivity index (χ4v) is 6.21. The second-order valence-corrected chi connectivity index (χ2v) is 10.9. The third kappa shape index (κ3) is 5.20. The fourth-order valence-electron chi connectivity index (χ4n) is 6.21. The Morgan fingerprint density at radius 1 is 1.11 bits per heavy atom. The molecule has 194 valence electrons. The largest absolute Gasteiger partial charge is 0.388 e. The average molecular weight is 487 g/mol. The predicted octanol–water partition coefficient (Wildman–Crippen LogP) is 2.56. The lowest BCUT2D eigenvalue weighted by Gasteiger charge is -2.52. The zero-order chi connectivity index (χ0) is 25.1. The normalized spacial score (nSPS) is 28.0. The Bertz CT molecular complexity index is 878. The highest BCUT2D eigenvalue weighted by Gasteiger charge is 2.56. The number of nitrogens with one attached hydrogen (secondary N) is 1. The first kappa shape index (κ1) is 25.9. The van der Waals surface area contributed by atoms with Gasteiger partial charge < -0.3 is 25.0 Å². The Hall–Kier alpha value is -2.16. The molecule has 0 radical (unpaired) electrons. The molecule has 1 saturated heterocycles. The minimum Gasteiger partial charge on any atom is -0.388 e. The lowest BCUT2D eigenvalue weighted by molar-refractivity contribution is -0.121. The molecule has 3 amide bonds. The highest BCUT2D eigenvalue weighted by Crippen LogP contribution is 2.50. The van der Waals surface area contributed by atoms with Gasteiger partial charge in [-0.1, -0.05) is 30.3 Å². The van der Waals surface area contributed by atoms with E-state index in [1.807, 2.05) is 17.9 Å². The van der Waals surface area contributed by atoms with Crippen molar-refractivity contribution in [2.45, 2.75) is 68.5 Å². The summed E-state index contributed by atoms with van der Waals surface area (Å²) < 4.78 is 5.30. The van der Waals surface area contributed by atoms with Crippen LogP contribution < -0.4 is 5.32 Å². The summed E-state index contributed by atoms with van der Waals surface area (Å²) in [5, 5.41) is 13.9. The Balaban J connectivity index is 1.51. The van der Waals surface area contributed by atoms with Crippen molar-refractivity contribution in [1.29, 1.82) is 0 Å². The van der Waals surface area contributed by atoms with Gasteiger partial charge in [0, 0.05) is 25.2 Å². The standard InChI is InChI=1S/C27H42N4O4/c1-4-35-18-17-28-23(32)19-30-20-25(31(24(30)33)21-26(34)11-8-12-26)13-15-27(16-14-25,29(2)3)22-9-6-5-7-10-22/h5-7,9-10,34H,4,8,11-21H2,1-3H3,(H,28,32). The van der Waals surface area contributed by atoms with Crippen LogP contribution in [0.5, 0.6) is 0 Å². The van der Waals surface area contributed by atoms with Gasteiger partial charge in [-0.2, -0.15) is 0 Å². The molecule has 8 nitrogen and oxygen atoms in total. The summed E-state index contributed by atoms with van der Waals surface area (Å²) in [7, 11) is 4.27. The van der Waals surface area contributed by atoms with Gasteiger partial charge in [0.05, 0.1) is 24.3 Å². The summed E-state index contributed by atoms with van der Waals surface area (Å²) in [4.78, 5) is 32.1. The molecule has 1 heterocycles. The quantitative estimate of drug-likeness (QED) is 0.497. The highest BCUT2D eigenvalue weighted by molar-refractivity contribution is 5.86. The molecule has 2 N–H and O–H groups in total. The topological polar surface area (TPSA) is 85.3 Å². The van der Waals surface area contributed by atoms with Crippen molar-refractivity contribution in [2.24, 2.45) is 0 Å². The SMILES string of the molecule is CCOCCNC(=O)CN1CC2(CCC(c3ccccc3)(N(C)C)CC2)N(CC2(O)CCC2)C1=O. The molecule has 1 aliphatic heterocycles. The van der Waals surface area contributed by atoms with Crippen LogP contribution in [-0.4, -0.2) is 96.4 Å². The maximum atomic E-state index is 13.6. The van der Waals surface area contributed by atoms with E-state index in [1.54, 1.807) is 4.90 Å². The van der Waals surface area contributed by atoms with Crippen LogP contribution in [0, 0.1) is 0 Å². The van der Waals surface area contributed by atoms with Gasteiger partial charge in [-0.25, -0.2) is 4.79 Å². The van der Waals surface area contributed by atoms with Gasteiger partial charge >= 0.3 is 6.03 Å². The lowest BCUT2D eigenvalue weighted by atomic mass is 9.67. The first-order chi connectivity index (χ1) is 16.7. The maximum Gasteiger partial charge on any atom is 0.321 e. The summed E-state index contributed by atoms with van der Waals surface area (Å²) in [5.74, 6) is -0.167. The summed E-state index contributed by atoms with van der Waals surface area (Å²) >= 11 is 0. The van der Waals surface area contributed by atoms with Crippen LogP contribution in [0.25, 0.3) is 0 Å². The smallest absolute Gasteiger partial charge is 0.321 e. The Kier molecular flexibility index (Phi) is 7.74. The maximum absolute atomic E-state index is 13.6. The second kappa shape index (κ2) is 10.4. The van der Waals surface area contributed by atoms with Gasteiger partial charge in [-0.15, -0.1) is 0 Å². The van der Waals surface area contributed by atoms with E-state index in [4.69, 9.17) is 4.74 Å². The summed E-state index contributed by atoms with van der Waals surface area (Å²) in [6.07, 6.45) is 5.97. The number of hydrogen-bond acceptors (Lipinski definition) is 5. The molecule has 1 aromatic carbocycles. The molecule has 2 saturated carbocycles. The third-order valence-corrected chi connectivity index (χ3v) is 8.58. The molecular formula is C27H42N4O4. The van der Waals surface area contributed by atoms with Crippen LogP contribution in [0.2, 0.25) is 0 Å². The van der Waals surface area contributed by atoms with Gasteiger partial charge in [0.25, 0.3) is 0 Å². The van der Waals surface area contributed by atoms with Gasteiger partial charge in [0.15, 0.2) is 0 Å². The van der Waals surface area contributed by atoms with Crippen molar-refractivity contribution in [1.82, 2.24) is 20.0 Å². The molecule has 0 atom stereocenters.